The van der Waals surface area contributed by atoms with Crippen molar-refractivity contribution in [2.75, 3.05) is 6.54 Å². The molecule has 0 atom stereocenters. The Morgan fingerprint density at radius 2 is 1.89 bits per heavy atom. The molecule has 0 amide bonds. The van der Waals surface area contributed by atoms with Crippen LogP contribution in [-0.2, 0) is 5.41 Å². The maximum Gasteiger partial charge on any atom is 0.119 e. The Kier molecular flexibility index (Phi) is 3.06. The van der Waals surface area contributed by atoms with E-state index in [1.165, 1.54) is 31.2 Å². The number of nitrogens with one attached hydrogen (secondary N) is 1. The van der Waals surface area contributed by atoms with Gasteiger partial charge >= 0.3 is 0 Å². The minimum atomic E-state index is 0.252. The first-order valence-electron chi connectivity index (χ1n) is 7.19. The van der Waals surface area contributed by atoms with E-state index in [-0.39, 0.29) is 6.10 Å². The van der Waals surface area contributed by atoms with Crippen LogP contribution in [0.4, 0.5) is 0 Å². The van der Waals surface area contributed by atoms with Crippen LogP contribution in [0.5, 0.6) is 5.75 Å². The first kappa shape index (κ1) is 12.0. The van der Waals surface area contributed by atoms with Gasteiger partial charge in [-0.2, -0.15) is 0 Å². The molecule has 2 aliphatic rings. The van der Waals surface area contributed by atoms with Gasteiger partial charge in [0.05, 0.1) is 6.10 Å². The lowest BCUT2D eigenvalue weighted by Crippen LogP contribution is -2.28. The summed E-state index contributed by atoms with van der Waals surface area (Å²) in [5.41, 5.74) is 1.91. The summed E-state index contributed by atoms with van der Waals surface area (Å²) in [6.07, 6.45) is 5.66. The van der Waals surface area contributed by atoms with E-state index in [1.807, 2.05) is 0 Å². The van der Waals surface area contributed by atoms with Crippen LogP contribution >= 0.6 is 0 Å². The van der Waals surface area contributed by atoms with Crippen molar-refractivity contribution < 1.29 is 4.74 Å². The van der Waals surface area contributed by atoms with E-state index in [0.29, 0.717) is 5.41 Å². The van der Waals surface area contributed by atoms with Crippen molar-refractivity contribution in [3.8, 4) is 5.75 Å². The fourth-order valence-electron chi connectivity index (χ4n) is 2.50. The van der Waals surface area contributed by atoms with Crippen LogP contribution in [0.3, 0.4) is 0 Å². The standard InChI is InChI=1S/C16H23NO/c1-12(2)18-15-7-3-13(4-8-15)16(9-10-16)11-17-14-5-6-14/h3-4,7-8,12,14,17H,5-6,9-11H2,1-2H3. The number of hydrogen-bond acceptors (Lipinski definition) is 2. The van der Waals surface area contributed by atoms with Crippen LogP contribution in [0, 0.1) is 0 Å². The molecule has 0 unspecified atom stereocenters. The second-order valence-electron chi connectivity index (χ2n) is 6.13. The maximum absolute atomic E-state index is 5.69. The molecule has 0 saturated heterocycles. The molecule has 2 saturated carbocycles. The molecule has 2 aliphatic carbocycles. The average Bonchev–Trinajstić information content (AvgIpc) is 3.23. The number of benzene rings is 1. The molecule has 0 spiro atoms. The Labute approximate surface area is 110 Å². The van der Waals surface area contributed by atoms with Crippen LogP contribution in [0.1, 0.15) is 45.1 Å². The summed E-state index contributed by atoms with van der Waals surface area (Å²) in [5, 5.41) is 3.67. The summed E-state index contributed by atoms with van der Waals surface area (Å²) in [6, 6.07) is 9.54. The monoisotopic (exact) mass is 245 g/mol. The molecule has 2 nitrogen and oxygen atoms in total. The molecule has 2 heteroatoms. The quantitative estimate of drug-likeness (QED) is 0.830. The SMILES string of the molecule is CC(C)Oc1ccc(C2(CNC3CC3)CC2)cc1. The first-order chi connectivity index (χ1) is 8.68. The number of rotatable bonds is 6. The van der Waals surface area contributed by atoms with E-state index < -0.39 is 0 Å². The molecule has 98 valence electrons. The highest BCUT2D eigenvalue weighted by atomic mass is 16.5. The Morgan fingerprint density at radius 3 is 2.39 bits per heavy atom. The van der Waals surface area contributed by atoms with Crippen molar-refractivity contribution in [3.63, 3.8) is 0 Å². The highest BCUT2D eigenvalue weighted by Crippen LogP contribution is 2.48. The van der Waals surface area contributed by atoms with Gasteiger partial charge in [-0.05, 0) is 57.2 Å². The second kappa shape index (κ2) is 4.58. The zero-order chi connectivity index (χ0) is 12.6. The molecule has 18 heavy (non-hydrogen) atoms. The summed E-state index contributed by atoms with van der Waals surface area (Å²) in [5.74, 6) is 0.986. The highest BCUT2D eigenvalue weighted by molar-refractivity contribution is 5.36. The third-order valence-corrected chi connectivity index (χ3v) is 4.00. The first-order valence-corrected chi connectivity index (χ1v) is 7.19. The van der Waals surface area contributed by atoms with E-state index in [2.05, 4.69) is 43.4 Å². The minimum absolute atomic E-state index is 0.252. The Balaban J connectivity index is 1.64. The summed E-state index contributed by atoms with van der Waals surface area (Å²) >= 11 is 0. The van der Waals surface area contributed by atoms with Crippen molar-refractivity contribution >= 4 is 0 Å². The van der Waals surface area contributed by atoms with Crippen molar-refractivity contribution in [3.05, 3.63) is 29.8 Å². The van der Waals surface area contributed by atoms with Crippen LogP contribution in [0.15, 0.2) is 24.3 Å². The van der Waals surface area contributed by atoms with Gasteiger partial charge in [0, 0.05) is 18.0 Å². The van der Waals surface area contributed by atoms with Gasteiger partial charge in [-0.25, -0.2) is 0 Å². The topological polar surface area (TPSA) is 21.3 Å². The summed E-state index contributed by atoms with van der Waals surface area (Å²) in [6.45, 7) is 5.29. The normalized spacial score (nSPS) is 21.1. The number of hydrogen-bond donors (Lipinski definition) is 1. The molecule has 2 fully saturated rings. The molecular formula is C16H23NO. The van der Waals surface area contributed by atoms with Gasteiger partial charge in [0.15, 0.2) is 0 Å². The lowest BCUT2D eigenvalue weighted by atomic mass is 9.96. The Morgan fingerprint density at radius 1 is 1.22 bits per heavy atom. The van der Waals surface area contributed by atoms with Gasteiger partial charge in [-0.3, -0.25) is 0 Å². The van der Waals surface area contributed by atoms with Crippen molar-refractivity contribution in [1.29, 1.82) is 0 Å². The maximum atomic E-state index is 5.69. The van der Waals surface area contributed by atoms with Crippen LogP contribution in [-0.4, -0.2) is 18.7 Å². The van der Waals surface area contributed by atoms with E-state index in [9.17, 15) is 0 Å². The van der Waals surface area contributed by atoms with E-state index in [1.54, 1.807) is 0 Å². The highest BCUT2D eigenvalue weighted by Gasteiger charge is 2.44. The largest absolute Gasteiger partial charge is 0.491 e. The molecular weight excluding hydrogens is 222 g/mol. The average molecular weight is 245 g/mol. The molecule has 0 aliphatic heterocycles. The number of ether oxygens (including phenoxy) is 1. The zero-order valence-electron chi connectivity index (χ0n) is 11.4. The van der Waals surface area contributed by atoms with Gasteiger partial charge in [-0.15, -0.1) is 0 Å². The van der Waals surface area contributed by atoms with E-state index in [4.69, 9.17) is 4.74 Å². The second-order valence-corrected chi connectivity index (χ2v) is 6.13. The van der Waals surface area contributed by atoms with Crippen molar-refractivity contribution in [2.24, 2.45) is 0 Å². The van der Waals surface area contributed by atoms with E-state index >= 15 is 0 Å². The van der Waals surface area contributed by atoms with E-state index in [0.717, 1.165) is 18.3 Å². The summed E-state index contributed by atoms with van der Waals surface area (Å²) < 4.78 is 5.69. The predicted octanol–water partition coefficient (Wildman–Crippen LogP) is 3.26. The fourth-order valence-corrected chi connectivity index (χ4v) is 2.50. The van der Waals surface area contributed by atoms with Crippen LogP contribution in [0.2, 0.25) is 0 Å². The molecule has 1 aromatic rings. The van der Waals surface area contributed by atoms with Crippen molar-refractivity contribution in [2.45, 2.75) is 57.1 Å². The lowest BCUT2D eigenvalue weighted by Gasteiger charge is -2.17. The lowest BCUT2D eigenvalue weighted by molar-refractivity contribution is 0.242. The summed E-state index contributed by atoms with van der Waals surface area (Å²) in [7, 11) is 0. The fraction of sp³-hybridized carbons (Fsp3) is 0.625. The van der Waals surface area contributed by atoms with Crippen LogP contribution in [0.25, 0.3) is 0 Å². The third kappa shape index (κ3) is 2.69. The molecule has 1 aromatic carbocycles. The molecule has 1 N–H and O–H groups in total. The Hall–Kier alpha value is -1.02. The summed E-state index contributed by atoms with van der Waals surface area (Å²) in [4.78, 5) is 0. The van der Waals surface area contributed by atoms with Gasteiger partial charge in [0.25, 0.3) is 0 Å². The molecule has 0 bridgehead atoms. The van der Waals surface area contributed by atoms with Gasteiger partial charge < -0.3 is 10.1 Å². The molecule has 0 aromatic heterocycles. The van der Waals surface area contributed by atoms with Gasteiger partial charge in [-0.1, -0.05) is 12.1 Å². The predicted molar refractivity (Wildman–Crippen MR) is 74.1 cm³/mol. The Bertz CT molecular complexity index is 402. The molecule has 0 radical (unpaired) electrons. The smallest absolute Gasteiger partial charge is 0.119 e. The van der Waals surface area contributed by atoms with Gasteiger partial charge in [0.1, 0.15) is 5.75 Å². The molecule has 3 rings (SSSR count). The third-order valence-electron chi connectivity index (χ3n) is 4.00. The van der Waals surface area contributed by atoms with Crippen LogP contribution < -0.4 is 10.1 Å². The molecule has 0 heterocycles. The van der Waals surface area contributed by atoms with Gasteiger partial charge in [0.2, 0.25) is 0 Å². The zero-order valence-corrected chi connectivity index (χ0v) is 11.4. The van der Waals surface area contributed by atoms with Crippen molar-refractivity contribution in [1.82, 2.24) is 5.32 Å². The minimum Gasteiger partial charge on any atom is -0.491 e.